The van der Waals surface area contributed by atoms with Crippen LogP contribution < -0.4 is 5.32 Å². The molecular formula is C17H23Cl2N3O2. The molecule has 1 saturated heterocycles. The van der Waals surface area contributed by atoms with Gasteiger partial charge < -0.3 is 15.1 Å². The Morgan fingerprint density at radius 2 is 1.83 bits per heavy atom. The molecule has 0 unspecified atom stereocenters. The number of urea groups is 1. The number of nitrogens with one attached hydrogen (secondary N) is 1. The van der Waals surface area contributed by atoms with Crippen molar-refractivity contribution < 1.29 is 9.59 Å². The molecule has 0 aromatic heterocycles. The Balaban J connectivity index is 1.91. The summed E-state index contributed by atoms with van der Waals surface area (Å²) in [4.78, 5) is 28.2. The molecule has 0 atom stereocenters. The summed E-state index contributed by atoms with van der Waals surface area (Å²) >= 11 is 12.1. The van der Waals surface area contributed by atoms with E-state index in [0.717, 1.165) is 12.8 Å². The molecule has 5 nitrogen and oxygen atoms in total. The van der Waals surface area contributed by atoms with Gasteiger partial charge >= 0.3 is 6.03 Å². The number of carbonyl (C=O) groups excluding carboxylic acids is 2. The highest BCUT2D eigenvalue weighted by Crippen LogP contribution is 2.23. The molecule has 132 valence electrons. The number of hydrogen-bond acceptors (Lipinski definition) is 2. The Labute approximate surface area is 152 Å². The zero-order valence-corrected chi connectivity index (χ0v) is 15.5. The first-order valence-electron chi connectivity index (χ1n) is 8.26. The van der Waals surface area contributed by atoms with Gasteiger partial charge in [0.2, 0.25) is 0 Å². The summed E-state index contributed by atoms with van der Waals surface area (Å²) in [5.74, 6) is -0.115. The van der Waals surface area contributed by atoms with E-state index in [0.29, 0.717) is 41.8 Å². The van der Waals surface area contributed by atoms with Crippen LogP contribution in [0, 0.1) is 0 Å². The van der Waals surface area contributed by atoms with Crippen molar-refractivity contribution in [2.24, 2.45) is 0 Å². The Bertz CT molecular complexity index is 597. The summed E-state index contributed by atoms with van der Waals surface area (Å²) in [6.07, 6.45) is 1.47. The Morgan fingerprint density at radius 1 is 1.21 bits per heavy atom. The molecule has 1 aromatic carbocycles. The van der Waals surface area contributed by atoms with Crippen LogP contribution in [-0.4, -0.2) is 54.0 Å². The lowest BCUT2D eigenvalue weighted by Gasteiger charge is -2.33. The smallest absolute Gasteiger partial charge is 0.317 e. The molecule has 0 spiro atoms. The SMILES string of the molecule is CCN(CC)C(=O)NC1CCN(C(=O)c2cc(Cl)ccc2Cl)CC1. The number of carbonyl (C=O) groups is 2. The van der Waals surface area contributed by atoms with Gasteiger partial charge in [-0.15, -0.1) is 0 Å². The second kappa shape index (κ2) is 8.58. The van der Waals surface area contributed by atoms with Crippen molar-refractivity contribution >= 4 is 35.1 Å². The van der Waals surface area contributed by atoms with Crippen LogP contribution in [0.4, 0.5) is 4.79 Å². The normalized spacial score (nSPS) is 15.2. The molecule has 1 heterocycles. The van der Waals surface area contributed by atoms with E-state index >= 15 is 0 Å². The number of hydrogen-bond donors (Lipinski definition) is 1. The topological polar surface area (TPSA) is 52.7 Å². The Hall–Kier alpha value is -1.46. The van der Waals surface area contributed by atoms with Crippen molar-refractivity contribution in [3.8, 4) is 0 Å². The Morgan fingerprint density at radius 3 is 2.42 bits per heavy atom. The van der Waals surface area contributed by atoms with E-state index in [1.165, 1.54) is 0 Å². The van der Waals surface area contributed by atoms with Gasteiger partial charge in [-0.05, 0) is 44.9 Å². The maximum absolute atomic E-state index is 12.6. The molecule has 24 heavy (non-hydrogen) atoms. The summed E-state index contributed by atoms with van der Waals surface area (Å²) in [7, 11) is 0. The number of benzene rings is 1. The molecular weight excluding hydrogens is 349 g/mol. The van der Waals surface area contributed by atoms with E-state index < -0.39 is 0 Å². The molecule has 1 aliphatic heterocycles. The number of halogens is 2. The van der Waals surface area contributed by atoms with Gasteiger partial charge in [0.15, 0.2) is 0 Å². The fourth-order valence-corrected chi connectivity index (χ4v) is 3.21. The highest BCUT2D eigenvalue weighted by molar-refractivity contribution is 6.35. The first-order chi connectivity index (χ1) is 11.5. The van der Waals surface area contributed by atoms with Crippen molar-refractivity contribution in [2.45, 2.75) is 32.7 Å². The van der Waals surface area contributed by atoms with Gasteiger partial charge in [0.05, 0.1) is 10.6 Å². The Kier molecular flexibility index (Phi) is 6.75. The van der Waals surface area contributed by atoms with E-state index in [-0.39, 0.29) is 18.0 Å². The largest absolute Gasteiger partial charge is 0.338 e. The summed E-state index contributed by atoms with van der Waals surface area (Å²) in [5.41, 5.74) is 0.426. The average molecular weight is 372 g/mol. The standard InChI is InChI=1S/C17H23Cl2N3O2/c1-3-21(4-2)17(24)20-13-7-9-22(10-8-13)16(23)14-11-12(18)5-6-15(14)19/h5-6,11,13H,3-4,7-10H2,1-2H3,(H,20,24). The van der Waals surface area contributed by atoms with E-state index in [1.807, 2.05) is 13.8 Å². The lowest BCUT2D eigenvalue weighted by molar-refractivity contribution is 0.0707. The van der Waals surface area contributed by atoms with E-state index in [2.05, 4.69) is 5.32 Å². The van der Waals surface area contributed by atoms with Crippen LogP contribution in [-0.2, 0) is 0 Å². The minimum Gasteiger partial charge on any atom is -0.338 e. The van der Waals surface area contributed by atoms with Crippen molar-refractivity contribution in [3.63, 3.8) is 0 Å². The minimum atomic E-state index is -0.115. The quantitative estimate of drug-likeness (QED) is 0.877. The fourth-order valence-electron chi connectivity index (χ4n) is 2.84. The van der Waals surface area contributed by atoms with Crippen LogP contribution >= 0.6 is 23.2 Å². The summed E-state index contributed by atoms with van der Waals surface area (Å²) in [6, 6.07) is 4.95. The van der Waals surface area contributed by atoms with Gasteiger partial charge in [0.25, 0.3) is 5.91 Å². The highest BCUT2D eigenvalue weighted by Gasteiger charge is 2.26. The molecule has 1 aromatic rings. The molecule has 3 amide bonds. The molecule has 1 fully saturated rings. The molecule has 2 rings (SSSR count). The molecule has 1 N–H and O–H groups in total. The van der Waals surface area contributed by atoms with Crippen molar-refractivity contribution in [1.82, 2.24) is 15.1 Å². The maximum Gasteiger partial charge on any atom is 0.317 e. The van der Waals surface area contributed by atoms with Gasteiger partial charge in [0.1, 0.15) is 0 Å². The summed E-state index contributed by atoms with van der Waals surface area (Å²) in [5, 5.41) is 3.94. The number of amides is 3. The molecule has 1 aliphatic rings. The van der Waals surface area contributed by atoms with Crippen LogP contribution in [0.5, 0.6) is 0 Å². The highest BCUT2D eigenvalue weighted by atomic mass is 35.5. The van der Waals surface area contributed by atoms with Gasteiger partial charge in [-0.1, -0.05) is 23.2 Å². The van der Waals surface area contributed by atoms with Crippen LogP contribution in [0.25, 0.3) is 0 Å². The molecule has 0 aliphatic carbocycles. The lowest BCUT2D eigenvalue weighted by Crippen LogP contribution is -2.50. The maximum atomic E-state index is 12.6. The van der Waals surface area contributed by atoms with Crippen LogP contribution in [0.15, 0.2) is 18.2 Å². The molecule has 7 heteroatoms. The fraction of sp³-hybridized carbons (Fsp3) is 0.529. The average Bonchev–Trinajstić information content (AvgIpc) is 2.58. The first-order valence-corrected chi connectivity index (χ1v) is 9.01. The van der Waals surface area contributed by atoms with Crippen LogP contribution in [0.1, 0.15) is 37.0 Å². The van der Waals surface area contributed by atoms with Gasteiger partial charge in [-0.3, -0.25) is 4.79 Å². The van der Waals surface area contributed by atoms with Gasteiger partial charge in [0, 0.05) is 37.2 Å². The number of piperidine rings is 1. The minimum absolute atomic E-state index is 0.0392. The summed E-state index contributed by atoms with van der Waals surface area (Å²) in [6.45, 7) is 6.47. The zero-order valence-electron chi connectivity index (χ0n) is 14.0. The zero-order chi connectivity index (χ0) is 17.7. The van der Waals surface area contributed by atoms with Crippen LogP contribution in [0.3, 0.4) is 0 Å². The number of nitrogens with zero attached hydrogens (tertiary/aromatic N) is 2. The van der Waals surface area contributed by atoms with Gasteiger partial charge in [-0.2, -0.15) is 0 Å². The first kappa shape index (κ1) is 18.9. The third kappa shape index (κ3) is 4.54. The second-order valence-electron chi connectivity index (χ2n) is 5.81. The van der Waals surface area contributed by atoms with E-state index in [4.69, 9.17) is 23.2 Å². The third-order valence-electron chi connectivity index (χ3n) is 4.32. The molecule has 0 bridgehead atoms. The predicted octanol–water partition coefficient (Wildman–Crippen LogP) is 3.65. The number of rotatable bonds is 4. The lowest BCUT2D eigenvalue weighted by atomic mass is 10.0. The van der Waals surface area contributed by atoms with E-state index in [1.54, 1.807) is 28.0 Å². The second-order valence-corrected chi connectivity index (χ2v) is 6.66. The van der Waals surface area contributed by atoms with Crippen molar-refractivity contribution in [3.05, 3.63) is 33.8 Å². The third-order valence-corrected chi connectivity index (χ3v) is 4.88. The van der Waals surface area contributed by atoms with Crippen LogP contribution in [0.2, 0.25) is 10.0 Å². The van der Waals surface area contributed by atoms with E-state index in [9.17, 15) is 9.59 Å². The predicted molar refractivity (Wildman–Crippen MR) is 96.8 cm³/mol. The monoisotopic (exact) mass is 371 g/mol. The van der Waals surface area contributed by atoms with Crippen molar-refractivity contribution in [2.75, 3.05) is 26.2 Å². The van der Waals surface area contributed by atoms with Crippen molar-refractivity contribution in [1.29, 1.82) is 0 Å². The van der Waals surface area contributed by atoms with Gasteiger partial charge in [-0.25, -0.2) is 4.79 Å². The summed E-state index contributed by atoms with van der Waals surface area (Å²) < 4.78 is 0. The molecule has 0 radical (unpaired) electrons. The number of likely N-dealkylation sites (tertiary alicyclic amines) is 1. The molecule has 0 saturated carbocycles.